The number of hydrogen-bond donors (Lipinski definition) is 0. The van der Waals surface area contributed by atoms with Crippen LogP contribution < -0.4 is 4.74 Å². The van der Waals surface area contributed by atoms with E-state index < -0.39 is 17.2 Å². The Bertz CT molecular complexity index is 497. The molecule has 5 heteroatoms. The fourth-order valence-electron chi connectivity index (χ4n) is 1.74. The number of nitrogens with zero attached hydrogens (tertiary/aromatic N) is 1. The number of halogens is 3. The van der Waals surface area contributed by atoms with Crippen molar-refractivity contribution < 1.29 is 13.5 Å². The van der Waals surface area contributed by atoms with Gasteiger partial charge in [0.25, 0.3) is 0 Å². The molecule has 0 atom stereocenters. The molecule has 0 radical (unpaired) electrons. The molecule has 16 heavy (non-hydrogen) atoms. The lowest BCUT2D eigenvalue weighted by molar-refractivity contribution is 0.179. The second-order valence-corrected chi connectivity index (χ2v) is 4.49. The Hall–Kier alpha value is -1.16. The van der Waals surface area contributed by atoms with Gasteiger partial charge in [-0.2, -0.15) is 4.39 Å². The van der Waals surface area contributed by atoms with Gasteiger partial charge in [-0.15, -0.1) is 0 Å². The Balaban J connectivity index is 2.18. The van der Waals surface area contributed by atoms with Crippen LogP contribution in [0.4, 0.5) is 8.78 Å². The summed E-state index contributed by atoms with van der Waals surface area (Å²) in [5.74, 6) is -2.02. The summed E-state index contributed by atoms with van der Waals surface area (Å²) in [7, 11) is 0. The van der Waals surface area contributed by atoms with Gasteiger partial charge in [-0.1, -0.05) is 11.6 Å². The molecule has 1 spiro atoms. The first-order chi connectivity index (χ1) is 7.61. The van der Waals surface area contributed by atoms with Crippen molar-refractivity contribution in [3.8, 4) is 5.75 Å². The first kappa shape index (κ1) is 10.0. The second-order valence-electron chi connectivity index (χ2n) is 4.13. The SMILES string of the molecule is Fc1ccc2c(c1F)OC1(CC1)CN=C2Cl. The minimum absolute atomic E-state index is 0.108. The highest BCUT2D eigenvalue weighted by molar-refractivity contribution is 6.70. The largest absolute Gasteiger partial charge is 0.481 e. The molecule has 0 amide bonds. The fraction of sp³-hybridized carbons (Fsp3) is 0.364. The van der Waals surface area contributed by atoms with Crippen molar-refractivity contribution >= 4 is 16.8 Å². The van der Waals surface area contributed by atoms with Gasteiger partial charge in [-0.25, -0.2) is 4.39 Å². The molecule has 2 nitrogen and oxygen atoms in total. The van der Waals surface area contributed by atoms with E-state index in [1.165, 1.54) is 6.07 Å². The van der Waals surface area contributed by atoms with Crippen LogP contribution in [-0.2, 0) is 0 Å². The maximum Gasteiger partial charge on any atom is 0.201 e. The first-order valence-corrected chi connectivity index (χ1v) is 5.36. The maximum atomic E-state index is 13.6. The van der Waals surface area contributed by atoms with Gasteiger partial charge in [-0.05, 0) is 25.0 Å². The van der Waals surface area contributed by atoms with Gasteiger partial charge in [0.05, 0.1) is 12.1 Å². The number of hydrogen-bond acceptors (Lipinski definition) is 2. The predicted molar refractivity (Wildman–Crippen MR) is 56.2 cm³/mol. The van der Waals surface area contributed by atoms with Gasteiger partial charge >= 0.3 is 0 Å². The molecule has 1 aliphatic heterocycles. The van der Waals surface area contributed by atoms with Crippen molar-refractivity contribution in [2.75, 3.05) is 6.54 Å². The normalized spacial score (nSPS) is 20.8. The van der Waals surface area contributed by atoms with Crippen LogP contribution in [0.2, 0.25) is 0 Å². The van der Waals surface area contributed by atoms with Crippen LogP contribution in [0.5, 0.6) is 5.75 Å². The molecule has 3 rings (SSSR count). The molecule has 0 bridgehead atoms. The third kappa shape index (κ3) is 1.40. The molecule has 1 aromatic rings. The summed E-state index contributed by atoms with van der Waals surface area (Å²) in [5.41, 5.74) is -0.135. The molecule has 1 saturated carbocycles. The van der Waals surface area contributed by atoms with Crippen molar-refractivity contribution in [1.82, 2.24) is 0 Å². The summed E-state index contributed by atoms with van der Waals surface area (Å²) in [6.07, 6.45) is 1.60. The van der Waals surface area contributed by atoms with Gasteiger partial charge in [0.2, 0.25) is 5.82 Å². The number of rotatable bonds is 0. The van der Waals surface area contributed by atoms with E-state index >= 15 is 0 Å². The topological polar surface area (TPSA) is 21.6 Å². The number of ether oxygens (including phenoxy) is 1. The van der Waals surface area contributed by atoms with Crippen LogP contribution in [0.3, 0.4) is 0 Å². The molecule has 2 aliphatic rings. The molecular formula is C11H8ClF2NO. The Morgan fingerprint density at radius 1 is 1.31 bits per heavy atom. The van der Waals surface area contributed by atoms with E-state index in [1.807, 2.05) is 0 Å². The molecule has 0 unspecified atom stereocenters. The monoisotopic (exact) mass is 243 g/mol. The molecule has 0 saturated heterocycles. The van der Waals surface area contributed by atoms with E-state index in [0.717, 1.165) is 18.9 Å². The highest BCUT2D eigenvalue weighted by Gasteiger charge is 2.47. The van der Waals surface area contributed by atoms with Crippen LogP contribution in [0, 0.1) is 11.6 Å². The standard InChI is InChI=1S/C11H8ClF2NO/c12-10-6-1-2-7(13)8(14)9(6)16-11(3-4-11)5-15-10/h1-2H,3-5H2. The predicted octanol–water partition coefficient (Wildman–Crippen LogP) is 2.88. The zero-order valence-electron chi connectivity index (χ0n) is 8.27. The molecule has 0 N–H and O–H groups in total. The van der Waals surface area contributed by atoms with E-state index in [1.54, 1.807) is 0 Å². The Morgan fingerprint density at radius 2 is 2.06 bits per heavy atom. The van der Waals surface area contributed by atoms with Crippen LogP contribution in [0.25, 0.3) is 0 Å². The van der Waals surface area contributed by atoms with Crippen molar-refractivity contribution in [1.29, 1.82) is 0 Å². The van der Waals surface area contributed by atoms with Crippen molar-refractivity contribution in [3.05, 3.63) is 29.3 Å². The molecule has 0 aromatic heterocycles. The lowest BCUT2D eigenvalue weighted by Crippen LogP contribution is -2.21. The van der Waals surface area contributed by atoms with Crippen molar-refractivity contribution in [3.63, 3.8) is 0 Å². The lowest BCUT2D eigenvalue weighted by atomic mass is 10.2. The highest BCUT2D eigenvalue weighted by Crippen LogP contribution is 2.44. The third-order valence-electron chi connectivity index (χ3n) is 2.90. The zero-order valence-corrected chi connectivity index (χ0v) is 9.02. The van der Waals surface area contributed by atoms with E-state index in [2.05, 4.69) is 4.99 Å². The average molecular weight is 244 g/mol. The van der Waals surface area contributed by atoms with Crippen LogP contribution >= 0.6 is 11.6 Å². The zero-order chi connectivity index (χ0) is 11.3. The van der Waals surface area contributed by atoms with E-state index in [-0.39, 0.29) is 10.9 Å². The van der Waals surface area contributed by atoms with Gasteiger partial charge in [-0.3, -0.25) is 4.99 Å². The molecular weight excluding hydrogens is 236 g/mol. The average Bonchev–Trinajstić information content (AvgIpc) is 3.04. The quantitative estimate of drug-likeness (QED) is 0.687. The smallest absolute Gasteiger partial charge is 0.201 e. The third-order valence-corrected chi connectivity index (χ3v) is 3.23. The summed E-state index contributed by atoms with van der Waals surface area (Å²) in [5, 5.41) is 0.178. The number of aliphatic imine (C=N–C) groups is 1. The van der Waals surface area contributed by atoms with E-state index in [4.69, 9.17) is 16.3 Å². The summed E-state index contributed by atoms with van der Waals surface area (Å²) in [4.78, 5) is 4.12. The fourth-order valence-corrected chi connectivity index (χ4v) is 1.95. The summed E-state index contributed by atoms with van der Waals surface area (Å²) in [6, 6.07) is 2.42. The minimum atomic E-state index is -0.987. The lowest BCUT2D eigenvalue weighted by Gasteiger charge is -2.15. The van der Waals surface area contributed by atoms with Crippen LogP contribution in [0.15, 0.2) is 17.1 Å². The molecule has 1 fully saturated rings. The first-order valence-electron chi connectivity index (χ1n) is 4.99. The van der Waals surface area contributed by atoms with Gasteiger partial charge in [0.1, 0.15) is 10.8 Å². The Kier molecular flexibility index (Phi) is 1.98. The van der Waals surface area contributed by atoms with E-state index in [9.17, 15) is 8.78 Å². The molecule has 84 valence electrons. The summed E-state index contributed by atoms with van der Waals surface area (Å²) >= 11 is 5.91. The van der Waals surface area contributed by atoms with Gasteiger partial charge in [0.15, 0.2) is 11.6 Å². The Morgan fingerprint density at radius 3 is 2.75 bits per heavy atom. The Labute approximate surface area is 95.9 Å². The van der Waals surface area contributed by atoms with Crippen LogP contribution in [0.1, 0.15) is 18.4 Å². The summed E-state index contributed by atoms with van der Waals surface area (Å²) < 4.78 is 32.2. The van der Waals surface area contributed by atoms with Crippen molar-refractivity contribution in [2.45, 2.75) is 18.4 Å². The van der Waals surface area contributed by atoms with E-state index in [0.29, 0.717) is 12.1 Å². The molecule has 1 aromatic carbocycles. The maximum absolute atomic E-state index is 13.6. The van der Waals surface area contributed by atoms with Gasteiger partial charge < -0.3 is 4.74 Å². The summed E-state index contributed by atoms with van der Waals surface area (Å²) in [6.45, 7) is 0.404. The van der Waals surface area contributed by atoms with Crippen molar-refractivity contribution in [2.24, 2.45) is 4.99 Å². The number of fused-ring (bicyclic) bond motifs is 1. The number of benzene rings is 1. The molecule has 1 heterocycles. The second kappa shape index (κ2) is 3.17. The molecule has 1 aliphatic carbocycles. The highest BCUT2D eigenvalue weighted by atomic mass is 35.5. The minimum Gasteiger partial charge on any atom is -0.481 e. The van der Waals surface area contributed by atoms with Gasteiger partial charge in [0, 0.05) is 0 Å². The van der Waals surface area contributed by atoms with Crippen LogP contribution in [-0.4, -0.2) is 17.3 Å².